The average Bonchev–Trinajstić information content (AvgIpc) is 3.16. The molecule has 0 spiro atoms. The van der Waals surface area contributed by atoms with Gasteiger partial charge in [-0.1, -0.05) is 18.2 Å². The molecule has 0 saturated heterocycles. The van der Waals surface area contributed by atoms with Gasteiger partial charge in [-0.25, -0.2) is 0 Å². The molecule has 0 radical (unpaired) electrons. The molecule has 114 valence electrons. The van der Waals surface area contributed by atoms with Crippen molar-refractivity contribution in [3.8, 4) is 0 Å². The second-order valence-electron chi connectivity index (χ2n) is 5.32. The number of hydrogen-bond acceptors (Lipinski definition) is 3. The third-order valence-corrected chi connectivity index (χ3v) is 3.72. The molecule has 1 unspecified atom stereocenters. The number of para-hydroxylation sites is 1. The van der Waals surface area contributed by atoms with Crippen molar-refractivity contribution in [1.29, 1.82) is 0 Å². The van der Waals surface area contributed by atoms with Gasteiger partial charge in [0.25, 0.3) is 0 Å². The predicted octanol–water partition coefficient (Wildman–Crippen LogP) is 2.46. The molecular weight excluding hydrogens is 280 g/mol. The van der Waals surface area contributed by atoms with Crippen molar-refractivity contribution >= 4 is 16.8 Å². The number of furan rings is 1. The van der Waals surface area contributed by atoms with E-state index in [0.29, 0.717) is 5.76 Å². The molecule has 3 N–H and O–H groups in total. The van der Waals surface area contributed by atoms with Crippen molar-refractivity contribution in [1.82, 2.24) is 10.3 Å². The lowest BCUT2D eigenvalue weighted by molar-refractivity contribution is -0.120. The van der Waals surface area contributed by atoms with E-state index >= 15 is 0 Å². The summed E-state index contributed by atoms with van der Waals surface area (Å²) < 4.78 is 5.10. The van der Waals surface area contributed by atoms with Crippen LogP contribution in [0.3, 0.4) is 0 Å². The maximum Gasteiger partial charge on any atom is 0.224 e. The standard InChI is InChI=1S/C17H18N2O3/c1-11-4-2-5-13-12(9-19-17(11)13)8-16(21)18-10-14(20)15-6-3-7-22-15/h2-7,9,14,19-20H,8,10H2,1H3,(H,18,21). The Kier molecular flexibility index (Phi) is 3.98. The number of fused-ring (bicyclic) bond motifs is 1. The molecule has 1 aromatic carbocycles. The van der Waals surface area contributed by atoms with Crippen LogP contribution in [-0.4, -0.2) is 22.5 Å². The number of hydrogen-bond donors (Lipinski definition) is 3. The van der Waals surface area contributed by atoms with E-state index < -0.39 is 6.10 Å². The molecular formula is C17H18N2O3. The summed E-state index contributed by atoms with van der Waals surface area (Å²) in [6.45, 7) is 2.16. The minimum absolute atomic E-state index is 0.131. The van der Waals surface area contributed by atoms with E-state index in [1.54, 1.807) is 12.1 Å². The molecule has 0 bridgehead atoms. The van der Waals surface area contributed by atoms with E-state index in [-0.39, 0.29) is 18.9 Å². The fourth-order valence-corrected chi connectivity index (χ4v) is 2.54. The largest absolute Gasteiger partial charge is 0.467 e. The summed E-state index contributed by atoms with van der Waals surface area (Å²) in [6.07, 6.45) is 2.80. The summed E-state index contributed by atoms with van der Waals surface area (Å²) in [5, 5.41) is 13.7. The highest BCUT2D eigenvalue weighted by molar-refractivity contribution is 5.90. The van der Waals surface area contributed by atoms with Crippen LogP contribution in [0.25, 0.3) is 10.9 Å². The van der Waals surface area contributed by atoms with Crippen LogP contribution in [0.5, 0.6) is 0 Å². The summed E-state index contributed by atoms with van der Waals surface area (Å²) in [5.41, 5.74) is 3.15. The third-order valence-electron chi connectivity index (χ3n) is 3.72. The van der Waals surface area contributed by atoms with Gasteiger partial charge in [-0.2, -0.15) is 0 Å². The molecule has 1 atom stereocenters. The highest BCUT2D eigenvalue weighted by Gasteiger charge is 2.13. The number of rotatable bonds is 5. The van der Waals surface area contributed by atoms with Crippen LogP contribution < -0.4 is 5.32 Å². The van der Waals surface area contributed by atoms with Gasteiger partial charge < -0.3 is 19.8 Å². The molecule has 5 nitrogen and oxygen atoms in total. The molecule has 3 aromatic rings. The second-order valence-corrected chi connectivity index (χ2v) is 5.32. The number of aromatic nitrogens is 1. The Labute approximate surface area is 128 Å². The lowest BCUT2D eigenvalue weighted by Crippen LogP contribution is -2.29. The molecule has 0 aliphatic heterocycles. The first kappa shape index (κ1) is 14.4. The predicted molar refractivity (Wildman–Crippen MR) is 83.4 cm³/mol. The number of aromatic amines is 1. The minimum atomic E-state index is -0.829. The van der Waals surface area contributed by atoms with E-state index in [1.165, 1.54) is 6.26 Å². The number of aliphatic hydroxyl groups excluding tert-OH is 1. The van der Waals surface area contributed by atoms with E-state index in [0.717, 1.165) is 22.0 Å². The van der Waals surface area contributed by atoms with Gasteiger partial charge in [-0.15, -0.1) is 0 Å². The van der Waals surface area contributed by atoms with E-state index in [2.05, 4.69) is 10.3 Å². The van der Waals surface area contributed by atoms with Crippen LogP contribution in [-0.2, 0) is 11.2 Å². The van der Waals surface area contributed by atoms with Gasteiger partial charge in [-0.3, -0.25) is 4.79 Å². The first-order valence-electron chi connectivity index (χ1n) is 7.19. The first-order chi connectivity index (χ1) is 10.6. The summed E-state index contributed by atoms with van der Waals surface area (Å²) in [6, 6.07) is 9.39. The van der Waals surface area contributed by atoms with Crippen molar-refractivity contribution in [3.05, 3.63) is 59.7 Å². The molecule has 5 heteroatoms. The lowest BCUT2D eigenvalue weighted by atomic mass is 10.1. The number of nitrogens with one attached hydrogen (secondary N) is 2. The number of carbonyl (C=O) groups excluding carboxylic acids is 1. The van der Waals surface area contributed by atoms with Gasteiger partial charge >= 0.3 is 0 Å². The molecule has 0 aliphatic carbocycles. The fraction of sp³-hybridized carbons (Fsp3) is 0.235. The van der Waals surface area contributed by atoms with Gasteiger partial charge in [-0.05, 0) is 30.2 Å². The Morgan fingerprint density at radius 2 is 2.23 bits per heavy atom. The smallest absolute Gasteiger partial charge is 0.224 e. The Morgan fingerprint density at radius 1 is 1.36 bits per heavy atom. The topological polar surface area (TPSA) is 78.3 Å². The number of benzene rings is 1. The van der Waals surface area contributed by atoms with Crippen LogP contribution in [0.15, 0.2) is 47.2 Å². The Morgan fingerprint density at radius 3 is 3.00 bits per heavy atom. The molecule has 3 rings (SSSR count). The number of amides is 1. The second kappa shape index (κ2) is 6.07. The number of aryl methyl sites for hydroxylation is 1. The average molecular weight is 298 g/mol. The Balaban J connectivity index is 1.63. The molecule has 0 aliphatic rings. The van der Waals surface area contributed by atoms with Gasteiger partial charge in [0.1, 0.15) is 11.9 Å². The van der Waals surface area contributed by atoms with Gasteiger partial charge in [0.2, 0.25) is 5.91 Å². The van der Waals surface area contributed by atoms with Crippen LogP contribution in [0.1, 0.15) is 23.0 Å². The maximum absolute atomic E-state index is 12.0. The number of aliphatic hydroxyl groups is 1. The highest BCUT2D eigenvalue weighted by atomic mass is 16.4. The zero-order chi connectivity index (χ0) is 15.5. The van der Waals surface area contributed by atoms with Crippen molar-refractivity contribution in [2.75, 3.05) is 6.54 Å². The summed E-state index contributed by atoms with van der Waals surface area (Å²) in [5.74, 6) is 0.316. The highest BCUT2D eigenvalue weighted by Crippen LogP contribution is 2.21. The van der Waals surface area contributed by atoms with Crippen molar-refractivity contribution in [2.24, 2.45) is 0 Å². The summed E-state index contributed by atoms with van der Waals surface area (Å²) >= 11 is 0. The van der Waals surface area contributed by atoms with Gasteiger partial charge in [0.15, 0.2) is 0 Å². The summed E-state index contributed by atoms with van der Waals surface area (Å²) in [4.78, 5) is 15.3. The van der Waals surface area contributed by atoms with Gasteiger partial charge in [0.05, 0.1) is 19.2 Å². The van der Waals surface area contributed by atoms with Crippen LogP contribution in [0, 0.1) is 6.92 Å². The zero-order valence-corrected chi connectivity index (χ0v) is 12.3. The van der Waals surface area contributed by atoms with Crippen molar-refractivity contribution in [3.63, 3.8) is 0 Å². The van der Waals surface area contributed by atoms with Gasteiger partial charge in [0, 0.05) is 17.1 Å². The lowest BCUT2D eigenvalue weighted by Gasteiger charge is -2.09. The normalized spacial score (nSPS) is 12.5. The van der Waals surface area contributed by atoms with Crippen LogP contribution >= 0.6 is 0 Å². The molecule has 22 heavy (non-hydrogen) atoms. The van der Waals surface area contributed by atoms with Crippen molar-refractivity contribution in [2.45, 2.75) is 19.4 Å². The molecule has 1 amide bonds. The van der Waals surface area contributed by atoms with E-state index in [4.69, 9.17) is 4.42 Å². The van der Waals surface area contributed by atoms with Crippen LogP contribution in [0.2, 0.25) is 0 Å². The number of carbonyl (C=O) groups is 1. The molecule has 0 fully saturated rings. The number of H-pyrrole nitrogens is 1. The zero-order valence-electron chi connectivity index (χ0n) is 12.3. The van der Waals surface area contributed by atoms with Crippen molar-refractivity contribution < 1.29 is 14.3 Å². The monoisotopic (exact) mass is 298 g/mol. The first-order valence-corrected chi connectivity index (χ1v) is 7.19. The maximum atomic E-state index is 12.0. The quantitative estimate of drug-likeness (QED) is 0.677. The van der Waals surface area contributed by atoms with Crippen LogP contribution in [0.4, 0.5) is 0 Å². The molecule has 2 aromatic heterocycles. The third kappa shape index (κ3) is 2.89. The Hall–Kier alpha value is -2.53. The fourth-order valence-electron chi connectivity index (χ4n) is 2.54. The molecule has 2 heterocycles. The molecule has 0 saturated carbocycles. The SMILES string of the molecule is Cc1cccc2c(CC(=O)NCC(O)c3ccco3)c[nH]c12. The van der Waals surface area contributed by atoms with E-state index in [1.807, 2.05) is 31.3 Å². The minimum Gasteiger partial charge on any atom is -0.467 e. The summed E-state index contributed by atoms with van der Waals surface area (Å²) in [7, 11) is 0. The Bertz CT molecular complexity index is 774. The van der Waals surface area contributed by atoms with E-state index in [9.17, 15) is 9.90 Å².